The molecular formula is C17H22FNO2. The van der Waals surface area contributed by atoms with Crippen molar-refractivity contribution in [3.8, 4) is 0 Å². The third-order valence-electron chi connectivity index (χ3n) is 4.95. The van der Waals surface area contributed by atoms with Gasteiger partial charge in [0.25, 0.3) is 0 Å². The third kappa shape index (κ3) is 3.10. The molecule has 3 nitrogen and oxygen atoms in total. The maximum absolute atomic E-state index is 13.0. The van der Waals surface area contributed by atoms with Gasteiger partial charge in [0.2, 0.25) is 5.91 Å². The molecule has 2 fully saturated rings. The lowest BCUT2D eigenvalue weighted by molar-refractivity contribution is -0.123. The summed E-state index contributed by atoms with van der Waals surface area (Å²) >= 11 is 0. The number of carbonyl (C=O) groups excluding carboxylic acids is 1. The van der Waals surface area contributed by atoms with Crippen molar-refractivity contribution in [2.24, 2.45) is 5.92 Å². The van der Waals surface area contributed by atoms with Gasteiger partial charge in [-0.2, -0.15) is 0 Å². The van der Waals surface area contributed by atoms with Crippen molar-refractivity contribution < 1.29 is 14.3 Å². The number of hydrogen-bond donors (Lipinski definition) is 2. The molecule has 1 amide bonds. The van der Waals surface area contributed by atoms with Gasteiger partial charge in [-0.3, -0.25) is 4.79 Å². The average molecular weight is 291 g/mol. The topological polar surface area (TPSA) is 49.3 Å². The highest BCUT2D eigenvalue weighted by atomic mass is 19.1. The Kier molecular flexibility index (Phi) is 3.98. The van der Waals surface area contributed by atoms with E-state index in [1.54, 1.807) is 12.1 Å². The quantitative estimate of drug-likeness (QED) is 0.895. The van der Waals surface area contributed by atoms with Crippen molar-refractivity contribution >= 4 is 5.91 Å². The van der Waals surface area contributed by atoms with Gasteiger partial charge in [-0.1, -0.05) is 12.1 Å². The van der Waals surface area contributed by atoms with Crippen molar-refractivity contribution in [1.29, 1.82) is 0 Å². The Bertz CT molecular complexity index is 502. The molecule has 4 heteroatoms. The summed E-state index contributed by atoms with van der Waals surface area (Å²) in [7, 11) is 0. The molecule has 21 heavy (non-hydrogen) atoms. The first kappa shape index (κ1) is 14.5. The van der Waals surface area contributed by atoms with Crippen molar-refractivity contribution in [1.82, 2.24) is 5.32 Å². The second kappa shape index (κ2) is 5.76. The minimum atomic E-state index is -0.429. The van der Waals surface area contributed by atoms with Gasteiger partial charge in [-0.25, -0.2) is 4.39 Å². The van der Waals surface area contributed by atoms with E-state index in [2.05, 4.69) is 5.32 Å². The van der Waals surface area contributed by atoms with Crippen LogP contribution in [0.3, 0.4) is 0 Å². The van der Waals surface area contributed by atoms with Crippen molar-refractivity contribution in [3.05, 3.63) is 35.6 Å². The van der Waals surface area contributed by atoms with Crippen LogP contribution in [0.15, 0.2) is 24.3 Å². The summed E-state index contributed by atoms with van der Waals surface area (Å²) in [4.78, 5) is 12.5. The summed E-state index contributed by atoms with van der Waals surface area (Å²) in [5, 5.41) is 12.6. The zero-order valence-electron chi connectivity index (χ0n) is 12.1. The molecule has 114 valence electrons. The number of hydrogen-bond acceptors (Lipinski definition) is 2. The van der Waals surface area contributed by atoms with Gasteiger partial charge in [0, 0.05) is 6.54 Å². The monoisotopic (exact) mass is 291 g/mol. The molecular weight excluding hydrogens is 269 g/mol. The molecule has 0 radical (unpaired) electrons. The fourth-order valence-corrected chi connectivity index (χ4v) is 3.30. The van der Waals surface area contributed by atoms with Gasteiger partial charge in [0.05, 0.1) is 11.5 Å². The highest BCUT2D eigenvalue weighted by molar-refractivity contribution is 5.91. The van der Waals surface area contributed by atoms with Gasteiger partial charge in [0.15, 0.2) is 0 Å². The summed E-state index contributed by atoms with van der Waals surface area (Å²) in [6, 6.07) is 6.29. The molecule has 0 spiro atoms. The molecule has 0 bridgehead atoms. The van der Waals surface area contributed by atoms with E-state index in [9.17, 15) is 14.3 Å². The van der Waals surface area contributed by atoms with Gasteiger partial charge in [-0.15, -0.1) is 0 Å². The number of benzene rings is 1. The van der Waals surface area contributed by atoms with Gasteiger partial charge < -0.3 is 10.4 Å². The highest BCUT2D eigenvalue weighted by Gasteiger charge is 2.51. The number of rotatable bonds is 4. The van der Waals surface area contributed by atoms with Crippen LogP contribution in [0.4, 0.5) is 4.39 Å². The Morgan fingerprint density at radius 2 is 1.81 bits per heavy atom. The smallest absolute Gasteiger partial charge is 0.230 e. The number of carbonyl (C=O) groups is 1. The van der Waals surface area contributed by atoms with Gasteiger partial charge in [0.1, 0.15) is 5.82 Å². The number of aliphatic hydroxyl groups is 1. The van der Waals surface area contributed by atoms with E-state index in [-0.39, 0.29) is 17.8 Å². The van der Waals surface area contributed by atoms with Crippen LogP contribution in [0.25, 0.3) is 0 Å². The minimum Gasteiger partial charge on any atom is -0.393 e. The van der Waals surface area contributed by atoms with Crippen LogP contribution in [-0.2, 0) is 10.2 Å². The Hall–Kier alpha value is -1.42. The lowest BCUT2D eigenvalue weighted by Crippen LogP contribution is -2.38. The normalized spacial score (nSPS) is 27.1. The zero-order chi connectivity index (χ0) is 14.9. The first-order valence-electron chi connectivity index (χ1n) is 7.82. The molecule has 1 aromatic rings. The van der Waals surface area contributed by atoms with E-state index in [4.69, 9.17) is 0 Å². The molecule has 2 aliphatic rings. The fraction of sp³-hybridized carbons (Fsp3) is 0.588. The van der Waals surface area contributed by atoms with Crippen LogP contribution in [0.5, 0.6) is 0 Å². The van der Waals surface area contributed by atoms with E-state index in [1.807, 2.05) is 0 Å². The maximum Gasteiger partial charge on any atom is 0.230 e. The van der Waals surface area contributed by atoms with Crippen molar-refractivity contribution in [3.63, 3.8) is 0 Å². The first-order valence-corrected chi connectivity index (χ1v) is 7.82. The van der Waals surface area contributed by atoms with E-state index < -0.39 is 5.41 Å². The molecule has 0 atom stereocenters. The van der Waals surface area contributed by atoms with E-state index in [0.29, 0.717) is 12.5 Å². The summed E-state index contributed by atoms with van der Waals surface area (Å²) in [6.07, 6.45) is 5.15. The standard InChI is InChI=1S/C17H22FNO2/c18-14-5-3-13(4-6-14)17(9-10-17)16(21)19-11-12-1-7-15(20)8-2-12/h3-6,12,15,20H,1-2,7-11H2,(H,19,21). The maximum atomic E-state index is 13.0. The summed E-state index contributed by atoms with van der Waals surface area (Å²) in [5.74, 6) is 0.275. The van der Waals surface area contributed by atoms with Crippen LogP contribution in [-0.4, -0.2) is 23.7 Å². The molecule has 0 heterocycles. The van der Waals surface area contributed by atoms with Crippen LogP contribution in [0.2, 0.25) is 0 Å². The molecule has 2 aliphatic carbocycles. The third-order valence-corrected chi connectivity index (χ3v) is 4.95. The molecule has 2 N–H and O–H groups in total. The summed E-state index contributed by atoms with van der Waals surface area (Å²) in [6.45, 7) is 0.689. The predicted molar refractivity (Wildman–Crippen MR) is 78.3 cm³/mol. The molecule has 0 aliphatic heterocycles. The number of aliphatic hydroxyl groups excluding tert-OH is 1. The van der Waals surface area contributed by atoms with Crippen molar-refractivity contribution in [2.75, 3.05) is 6.54 Å². The molecule has 2 saturated carbocycles. The SMILES string of the molecule is O=C(NCC1CCC(O)CC1)C1(c2ccc(F)cc2)CC1. The first-order chi connectivity index (χ1) is 10.1. The van der Waals surface area contributed by atoms with E-state index in [0.717, 1.165) is 44.1 Å². The largest absolute Gasteiger partial charge is 0.393 e. The summed E-state index contributed by atoms with van der Waals surface area (Å²) in [5.41, 5.74) is 0.488. The lowest BCUT2D eigenvalue weighted by atomic mass is 9.87. The van der Waals surface area contributed by atoms with Crippen LogP contribution in [0.1, 0.15) is 44.1 Å². The number of nitrogens with one attached hydrogen (secondary N) is 1. The zero-order valence-corrected chi connectivity index (χ0v) is 12.1. The molecule has 0 saturated heterocycles. The van der Waals surface area contributed by atoms with Gasteiger partial charge in [-0.05, 0) is 62.1 Å². The van der Waals surface area contributed by atoms with E-state index >= 15 is 0 Å². The molecule has 0 unspecified atom stereocenters. The fourth-order valence-electron chi connectivity index (χ4n) is 3.30. The predicted octanol–water partition coefficient (Wildman–Crippen LogP) is 2.52. The number of amides is 1. The second-order valence-corrected chi connectivity index (χ2v) is 6.47. The Labute approximate surface area is 124 Å². The Morgan fingerprint density at radius 3 is 2.38 bits per heavy atom. The minimum absolute atomic E-state index is 0.0697. The molecule has 1 aromatic carbocycles. The number of halogens is 1. The van der Waals surface area contributed by atoms with Crippen LogP contribution in [0, 0.1) is 11.7 Å². The van der Waals surface area contributed by atoms with Crippen molar-refractivity contribution in [2.45, 2.75) is 50.0 Å². The van der Waals surface area contributed by atoms with Crippen LogP contribution < -0.4 is 5.32 Å². The van der Waals surface area contributed by atoms with Crippen LogP contribution >= 0.6 is 0 Å². The average Bonchev–Trinajstić information content (AvgIpc) is 3.29. The summed E-state index contributed by atoms with van der Waals surface area (Å²) < 4.78 is 13.0. The lowest BCUT2D eigenvalue weighted by Gasteiger charge is -2.26. The van der Waals surface area contributed by atoms with E-state index in [1.165, 1.54) is 12.1 Å². The Morgan fingerprint density at radius 1 is 1.19 bits per heavy atom. The Balaban J connectivity index is 1.56. The molecule has 3 rings (SSSR count). The highest BCUT2D eigenvalue weighted by Crippen LogP contribution is 2.48. The molecule has 0 aromatic heterocycles. The van der Waals surface area contributed by atoms with Gasteiger partial charge >= 0.3 is 0 Å². The second-order valence-electron chi connectivity index (χ2n) is 6.47.